The minimum atomic E-state index is -5.86. The van der Waals surface area contributed by atoms with Crippen molar-refractivity contribution >= 4 is 23.4 Å². The summed E-state index contributed by atoms with van der Waals surface area (Å²) in [5.74, 6) is -8.02. The van der Waals surface area contributed by atoms with Gasteiger partial charge in [0.2, 0.25) is 11.8 Å². The van der Waals surface area contributed by atoms with E-state index >= 15 is 0 Å². The summed E-state index contributed by atoms with van der Waals surface area (Å²) < 4.78 is 63.9. The van der Waals surface area contributed by atoms with Crippen LogP contribution in [0.15, 0.2) is 48.5 Å². The molecule has 0 spiro atoms. The zero-order valence-electron chi connectivity index (χ0n) is 20.0. The van der Waals surface area contributed by atoms with Gasteiger partial charge in [-0.25, -0.2) is 0 Å². The van der Waals surface area contributed by atoms with E-state index in [2.05, 4.69) is 5.32 Å². The van der Waals surface area contributed by atoms with Crippen LogP contribution >= 0.6 is 0 Å². The molecule has 36 heavy (non-hydrogen) atoms. The standard InChI is InChI=1S/C25H26F5N3O3/c1-14(2)33-18-12-8-7-10-16(18)15-9-5-6-11-17(15)19(20(33)34)32-22(36)23(3,4)21(35)31-13-24(26,27)25(28,29)30/h5-12,14,19H,13H2,1-4H3,(H,31,35)(H,32,36). The van der Waals surface area contributed by atoms with Gasteiger partial charge in [0.15, 0.2) is 0 Å². The van der Waals surface area contributed by atoms with E-state index in [1.165, 1.54) is 10.2 Å². The molecule has 3 amide bonds. The van der Waals surface area contributed by atoms with E-state index in [0.717, 1.165) is 19.4 Å². The first-order chi connectivity index (χ1) is 16.6. The number of nitrogens with one attached hydrogen (secondary N) is 2. The van der Waals surface area contributed by atoms with E-state index in [4.69, 9.17) is 0 Å². The molecule has 1 aliphatic rings. The summed E-state index contributed by atoms with van der Waals surface area (Å²) in [5, 5.41) is 4.04. The number of rotatable bonds is 6. The summed E-state index contributed by atoms with van der Waals surface area (Å²) in [6.07, 6.45) is -5.86. The van der Waals surface area contributed by atoms with Crippen molar-refractivity contribution in [3.8, 4) is 11.1 Å². The summed E-state index contributed by atoms with van der Waals surface area (Å²) in [5.41, 5.74) is 0.415. The molecule has 3 rings (SSSR count). The zero-order valence-corrected chi connectivity index (χ0v) is 20.0. The van der Waals surface area contributed by atoms with E-state index in [1.54, 1.807) is 50.2 Å². The van der Waals surface area contributed by atoms with Crippen molar-refractivity contribution in [1.82, 2.24) is 10.6 Å². The molecule has 1 aliphatic heterocycles. The van der Waals surface area contributed by atoms with Crippen LogP contribution in [0.25, 0.3) is 11.1 Å². The number of para-hydroxylation sites is 1. The minimum Gasteiger partial charge on any atom is -0.349 e. The predicted molar refractivity (Wildman–Crippen MR) is 123 cm³/mol. The Balaban J connectivity index is 1.94. The summed E-state index contributed by atoms with van der Waals surface area (Å²) in [7, 11) is 0. The molecule has 1 unspecified atom stereocenters. The van der Waals surface area contributed by atoms with E-state index in [1.807, 2.05) is 12.1 Å². The van der Waals surface area contributed by atoms with Crippen molar-refractivity contribution in [1.29, 1.82) is 0 Å². The van der Waals surface area contributed by atoms with Crippen LogP contribution in [0.2, 0.25) is 0 Å². The van der Waals surface area contributed by atoms with Crippen LogP contribution in [0.1, 0.15) is 39.3 Å². The molecule has 2 N–H and O–H groups in total. The highest BCUT2D eigenvalue weighted by molar-refractivity contribution is 6.09. The van der Waals surface area contributed by atoms with E-state index in [9.17, 15) is 36.3 Å². The van der Waals surface area contributed by atoms with Crippen molar-refractivity contribution in [2.75, 3.05) is 11.4 Å². The molecule has 194 valence electrons. The normalized spacial score (nSPS) is 16.2. The van der Waals surface area contributed by atoms with Gasteiger partial charge >= 0.3 is 12.1 Å². The molecule has 0 radical (unpaired) electrons. The fourth-order valence-electron chi connectivity index (χ4n) is 3.90. The van der Waals surface area contributed by atoms with Gasteiger partial charge in [-0.05, 0) is 44.9 Å². The second-order valence-electron chi connectivity index (χ2n) is 9.32. The Morgan fingerprint density at radius 2 is 1.47 bits per heavy atom. The van der Waals surface area contributed by atoms with Gasteiger partial charge in [0.1, 0.15) is 11.5 Å². The number of alkyl halides is 5. The number of benzene rings is 2. The van der Waals surface area contributed by atoms with E-state index in [-0.39, 0.29) is 6.04 Å². The number of hydrogen-bond acceptors (Lipinski definition) is 3. The maximum absolute atomic E-state index is 13.7. The van der Waals surface area contributed by atoms with Gasteiger partial charge in [0.25, 0.3) is 5.91 Å². The second kappa shape index (κ2) is 9.51. The predicted octanol–water partition coefficient (Wildman–Crippen LogP) is 4.61. The largest absolute Gasteiger partial charge is 0.455 e. The van der Waals surface area contributed by atoms with Crippen LogP contribution in [0.5, 0.6) is 0 Å². The molecule has 2 aromatic carbocycles. The number of anilines is 1. The zero-order chi connectivity index (χ0) is 27.1. The Kier molecular flexibility index (Phi) is 7.16. The third-order valence-electron chi connectivity index (χ3n) is 6.02. The number of carbonyl (C=O) groups is 3. The number of fused-ring (bicyclic) bond motifs is 3. The first-order valence-electron chi connectivity index (χ1n) is 11.1. The van der Waals surface area contributed by atoms with Crippen molar-refractivity contribution in [2.45, 2.75) is 51.9 Å². The monoisotopic (exact) mass is 511 g/mol. The van der Waals surface area contributed by atoms with E-state index < -0.39 is 47.8 Å². The maximum Gasteiger partial charge on any atom is 0.455 e. The van der Waals surface area contributed by atoms with E-state index in [0.29, 0.717) is 16.8 Å². The topological polar surface area (TPSA) is 78.5 Å². The van der Waals surface area contributed by atoms with Gasteiger partial charge in [-0.1, -0.05) is 42.5 Å². The Bertz CT molecular complexity index is 1180. The average molecular weight is 511 g/mol. The minimum absolute atomic E-state index is 0.312. The van der Waals surface area contributed by atoms with Crippen molar-refractivity contribution in [3.63, 3.8) is 0 Å². The molecule has 1 heterocycles. The lowest BCUT2D eigenvalue weighted by molar-refractivity contribution is -0.278. The Morgan fingerprint density at radius 1 is 0.917 bits per heavy atom. The van der Waals surface area contributed by atoms with Gasteiger partial charge in [0, 0.05) is 11.6 Å². The molecule has 0 saturated carbocycles. The number of nitrogens with zero attached hydrogens (tertiary/aromatic N) is 1. The van der Waals surface area contributed by atoms with Crippen LogP contribution in [0.4, 0.5) is 27.6 Å². The molecular formula is C25H26F5N3O3. The van der Waals surface area contributed by atoms with Gasteiger partial charge < -0.3 is 15.5 Å². The summed E-state index contributed by atoms with van der Waals surface area (Å²) >= 11 is 0. The molecular weight excluding hydrogens is 485 g/mol. The third-order valence-corrected chi connectivity index (χ3v) is 6.02. The lowest BCUT2D eigenvalue weighted by Gasteiger charge is -2.31. The lowest BCUT2D eigenvalue weighted by Crippen LogP contribution is -2.54. The van der Waals surface area contributed by atoms with Gasteiger partial charge in [-0.3, -0.25) is 14.4 Å². The first kappa shape index (κ1) is 27.1. The van der Waals surface area contributed by atoms with Crippen LogP contribution in [-0.4, -0.2) is 42.4 Å². The molecule has 0 bridgehead atoms. The van der Waals surface area contributed by atoms with Crippen LogP contribution in [-0.2, 0) is 14.4 Å². The molecule has 0 fully saturated rings. The average Bonchev–Trinajstić information content (AvgIpc) is 2.89. The molecule has 6 nitrogen and oxygen atoms in total. The number of hydrogen-bond donors (Lipinski definition) is 2. The highest BCUT2D eigenvalue weighted by Crippen LogP contribution is 2.41. The lowest BCUT2D eigenvalue weighted by atomic mass is 9.89. The fraction of sp³-hybridized carbons (Fsp3) is 0.400. The Hall–Kier alpha value is -3.50. The molecule has 11 heteroatoms. The van der Waals surface area contributed by atoms with Crippen LogP contribution in [0, 0.1) is 5.41 Å². The SMILES string of the molecule is CC(C)N1C(=O)C(NC(=O)C(C)(C)C(=O)NCC(F)(F)C(F)(F)F)c2ccccc2-c2ccccc21. The van der Waals surface area contributed by atoms with Crippen molar-refractivity contribution in [3.05, 3.63) is 54.1 Å². The van der Waals surface area contributed by atoms with Crippen molar-refractivity contribution in [2.24, 2.45) is 5.41 Å². The maximum atomic E-state index is 13.7. The molecule has 1 atom stereocenters. The van der Waals surface area contributed by atoms with Gasteiger partial charge in [-0.2, -0.15) is 22.0 Å². The van der Waals surface area contributed by atoms with Gasteiger partial charge in [0.05, 0.1) is 12.2 Å². The highest BCUT2D eigenvalue weighted by atomic mass is 19.4. The second-order valence-corrected chi connectivity index (χ2v) is 9.32. The highest BCUT2D eigenvalue weighted by Gasteiger charge is 2.57. The van der Waals surface area contributed by atoms with Crippen LogP contribution < -0.4 is 15.5 Å². The third kappa shape index (κ3) is 4.91. The number of halogens is 5. The molecule has 2 aromatic rings. The smallest absolute Gasteiger partial charge is 0.349 e. The summed E-state index contributed by atoms with van der Waals surface area (Å²) in [6, 6.07) is 12.5. The van der Waals surface area contributed by atoms with Gasteiger partial charge in [-0.15, -0.1) is 0 Å². The first-order valence-corrected chi connectivity index (χ1v) is 11.1. The number of amides is 3. The van der Waals surface area contributed by atoms with Crippen LogP contribution in [0.3, 0.4) is 0 Å². The van der Waals surface area contributed by atoms with Crippen molar-refractivity contribution < 1.29 is 36.3 Å². The Morgan fingerprint density at radius 3 is 2.06 bits per heavy atom. The molecule has 0 aliphatic carbocycles. The summed E-state index contributed by atoms with van der Waals surface area (Å²) in [6.45, 7) is 3.72. The number of carbonyl (C=O) groups excluding carboxylic acids is 3. The molecule has 0 aromatic heterocycles. The fourth-order valence-corrected chi connectivity index (χ4v) is 3.90. The molecule has 0 saturated heterocycles. The summed E-state index contributed by atoms with van der Waals surface area (Å²) in [4.78, 5) is 40.9. The quantitative estimate of drug-likeness (QED) is 0.440. The Labute approximate surface area is 204 Å².